The molecule has 2 N–H and O–H groups in total. The van der Waals surface area contributed by atoms with Gasteiger partial charge in [-0.2, -0.15) is 5.10 Å². The van der Waals surface area contributed by atoms with Crippen LogP contribution in [0.15, 0.2) is 59.1 Å². The lowest BCUT2D eigenvalue weighted by atomic mass is 10.1. The molecule has 1 atom stereocenters. The highest BCUT2D eigenvalue weighted by atomic mass is 79.9. The Kier molecular flexibility index (Phi) is 4.61. The molecule has 1 aliphatic heterocycles. The zero-order chi connectivity index (χ0) is 18.1. The number of benzene rings is 2. The van der Waals surface area contributed by atoms with Crippen molar-refractivity contribution in [3.8, 4) is 11.3 Å². The topological polar surface area (TPSA) is 59.0 Å². The van der Waals surface area contributed by atoms with Crippen molar-refractivity contribution in [2.45, 2.75) is 19.6 Å². The molecule has 2 aromatic carbocycles. The summed E-state index contributed by atoms with van der Waals surface area (Å²) < 4.78 is 2.85. The fraction of sp³-hybridized carbons (Fsp3) is 0.200. The van der Waals surface area contributed by atoms with Gasteiger partial charge in [-0.3, -0.25) is 10.1 Å². The van der Waals surface area contributed by atoms with Crippen LogP contribution in [-0.4, -0.2) is 22.2 Å². The number of hydrogen-bond acceptors (Lipinski definition) is 3. The molecule has 6 heteroatoms. The Morgan fingerprint density at radius 1 is 1.23 bits per heavy atom. The molecular weight excluding hydrogens is 392 g/mol. The summed E-state index contributed by atoms with van der Waals surface area (Å²) in [6.45, 7) is 3.26. The molecule has 0 radical (unpaired) electrons. The first-order valence-corrected chi connectivity index (χ1v) is 9.32. The van der Waals surface area contributed by atoms with Crippen LogP contribution >= 0.6 is 15.9 Å². The summed E-state index contributed by atoms with van der Waals surface area (Å²) in [5, 5.41) is 11.1. The standard InChI is InChI=1S/C20H19BrN4O/c1-13-5-7-15(8-6-13)17-10-18-20(26)23-12-19(25(18)24-17)22-11-14-3-2-4-16(21)9-14/h2-10,19,22H,11-12H2,1H3,(H,23,26)/t19-/m1/s1. The maximum absolute atomic E-state index is 12.2. The van der Waals surface area contributed by atoms with Gasteiger partial charge < -0.3 is 5.32 Å². The van der Waals surface area contributed by atoms with Gasteiger partial charge in [0, 0.05) is 16.6 Å². The number of carbonyl (C=O) groups is 1. The van der Waals surface area contributed by atoms with Crippen molar-refractivity contribution in [3.05, 3.63) is 75.9 Å². The molecule has 0 aliphatic carbocycles. The average Bonchev–Trinajstić information content (AvgIpc) is 3.08. The monoisotopic (exact) mass is 410 g/mol. The first kappa shape index (κ1) is 17.0. The number of aryl methyl sites for hydroxylation is 1. The molecule has 0 unspecified atom stereocenters. The van der Waals surface area contributed by atoms with Gasteiger partial charge in [0.25, 0.3) is 5.91 Å². The van der Waals surface area contributed by atoms with E-state index in [1.54, 1.807) is 4.68 Å². The lowest BCUT2D eigenvalue weighted by Gasteiger charge is -2.25. The fourth-order valence-electron chi connectivity index (χ4n) is 3.07. The Morgan fingerprint density at radius 2 is 2.04 bits per heavy atom. The second kappa shape index (κ2) is 7.05. The molecular formula is C20H19BrN4O. The number of amides is 1. The predicted molar refractivity (Wildman–Crippen MR) is 105 cm³/mol. The SMILES string of the molecule is Cc1ccc(-c2cc3n(n2)[C@@H](NCc2cccc(Br)c2)CNC3=O)cc1. The maximum Gasteiger partial charge on any atom is 0.269 e. The van der Waals surface area contributed by atoms with E-state index in [9.17, 15) is 4.79 Å². The Hall–Kier alpha value is -2.44. The van der Waals surface area contributed by atoms with E-state index >= 15 is 0 Å². The van der Waals surface area contributed by atoms with E-state index in [-0.39, 0.29) is 12.1 Å². The minimum Gasteiger partial charge on any atom is -0.347 e. The Labute approximate surface area is 160 Å². The summed E-state index contributed by atoms with van der Waals surface area (Å²) in [5.41, 5.74) is 4.77. The number of halogens is 1. The minimum atomic E-state index is -0.0867. The average molecular weight is 411 g/mol. The van der Waals surface area contributed by atoms with Gasteiger partial charge in [0.2, 0.25) is 0 Å². The molecule has 1 amide bonds. The second-order valence-electron chi connectivity index (χ2n) is 6.46. The highest BCUT2D eigenvalue weighted by Crippen LogP contribution is 2.23. The summed E-state index contributed by atoms with van der Waals surface area (Å²) in [7, 11) is 0. The third-order valence-electron chi connectivity index (χ3n) is 4.50. The van der Waals surface area contributed by atoms with Crippen LogP contribution in [0.2, 0.25) is 0 Å². The van der Waals surface area contributed by atoms with Crippen LogP contribution in [0.4, 0.5) is 0 Å². The number of fused-ring (bicyclic) bond motifs is 1. The van der Waals surface area contributed by atoms with Gasteiger partial charge in [0.15, 0.2) is 0 Å². The first-order valence-electron chi connectivity index (χ1n) is 8.53. The summed E-state index contributed by atoms with van der Waals surface area (Å²) in [6, 6.07) is 18.2. The number of nitrogens with zero attached hydrogens (tertiary/aromatic N) is 2. The Balaban J connectivity index is 1.59. The van der Waals surface area contributed by atoms with E-state index in [1.807, 2.05) is 30.3 Å². The quantitative estimate of drug-likeness (QED) is 0.689. The molecule has 132 valence electrons. The summed E-state index contributed by atoms with van der Waals surface area (Å²) in [5.74, 6) is -0.0867. The van der Waals surface area contributed by atoms with Crippen molar-refractivity contribution < 1.29 is 4.79 Å². The summed E-state index contributed by atoms with van der Waals surface area (Å²) in [4.78, 5) is 12.2. The number of aromatic nitrogens is 2. The molecule has 1 aliphatic rings. The second-order valence-corrected chi connectivity index (χ2v) is 7.38. The van der Waals surface area contributed by atoms with Gasteiger partial charge >= 0.3 is 0 Å². The highest BCUT2D eigenvalue weighted by molar-refractivity contribution is 9.10. The third kappa shape index (κ3) is 3.43. The van der Waals surface area contributed by atoms with Crippen LogP contribution in [0.25, 0.3) is 11.3 Å². The van der Waals surface area contributed by atoms with Gasteiger partial charge in [-0.05, 0) is 30.7 Å². The fourth-order valence-corrected chi connectivity index (χ4v) is 3.52. The molecule has 3 aromatic rings. The predicted octanol–water partition coefficient (Wildman–Crippen LogP) is 3.65. The van der Waals surface area contributed by atoms with Gasteiger partial charge in [-0.1, -0.05) is 57.9 Å². The molecule has 5 nitrogen and oxygen atoms in total. The molecule has 0 bridgehead atoms. The van der Waals surface area contributed by atoms with E-state index in [0.29, 0.717) is 18.8 Å². The number of nitrogens with one attached hydrogen (secondary N) is 2. The summed E-state index contributed by atoms with van der Waals surface area (Å²) in [6.07, 6.45) is -0.0825. The largest absolute Gasteiger partial charge is 0.347 e. The van der Waals surface area contributed by atoms with Gasteiger partial charge in [-0.15, -0.1) is 0 Å². The van der Waals surface area contributed by atoms with Crippen molar-refractivity contribution in [1.29, 1.82) is 0 Å². The maximum atomic E-state index is 12.2. The molecule has 1 aromatic heterocycles. The molecule has 0 saturated heterocycles. The number of rotatable bonds is 4. The van der Waals surface area contributed by atoms with Crippen LogP contribution in [0.1, 0.15) is 27.8 Å². The van der Waals surface area contributed by atoms with E-state index in [2.05, 4.69) is 57.8 Å². The van der Waals surface area contributed by atoms with Crippen LogP contribution in [0, 0.1) is 6.92 Å². The van der Waals surface area contributed by atoms with Crippen molar-refractivity contribution in [3.63, 3.8) is 0 Å². The molecule has 0 fully saturated rings. The van der Waals surface area contributed by atoms with E-state index in [4.69, 9.17) is 5.10 Å². The van der Waals surface area contributed by atoms with Crippen LogP contribution in [-0.2, 0) is 6.54 Å². The molecule has 0 saturated carbocycles. The molecule has 0 spiro atoms. The van der Waals surface area contributed by atoms with Gasteiger partial charge in [0.05, 0.1) is 12.2 Å². The minimum absolute atomic E-state index is 0.0825. The Morgan fingerprint density at radius 3 is 2.81 bits per heavy atom. The summed E-state index contributed by atoms with van der Waals surface area (Å²) >= 11 is 3.49. The van der Waals surface area contributed by atoms with E-state index in [1.165, 1.54) is 11.1 Å². The lowest BCUT2D eigenvalue weighted by molar-refractivity contribution is 0.0900. The Bertz CT molecular complexity index is 949. The van der Waals surface area contributed by atoms with E-state index < -0.39 is 0 Å². The van der Waals surface area contributed by atoms with Crippen molar-refractivity contribution in [2.24, 2.45) is 0 Å². The van der Waals surface area contributed by atoms with Crippen LogP contribution in [0.3, 0.4) is 0 Å². The third-order valence-corrected chi connectivity index (χ3v) is 4.99. The van der Waals surface area contributed by atoms with Crippen LogP contribution < -0.4 is 10.6 Å². The first-order chi connectivity index (χ1) is 12.6. The van der Waals surface area contributed by atoms with E-state index in [0.717, 1.165) is 15.7 Å². The number of carbonyl (C=O) groups excluding carboxylic acids is 1. The lowest BCUT2D eigenvalue weighted by Crippen LogP contribution is -2.45. The normalized spacial score (nSPS) is 16.2. The molecule has 26 heavy (non-hydrogen) atoms. The zero-order valence-corrected chi connectivity index (χ0v) is 16.0. The van der Waals surface area contributed by atoms with Gasteiger partial charge in [0.1, 0.15) is 11.9 Å². The van der Waals surface area contributed by atoms with Crippen molar-refractivity contribution >= 4 is 21.8 Å². The van der Waals surface area contributed by atoms with Crippen molar-refractivity contribution in [2.75, 3.05) is 6.54 Å². The van der Waals surface area contributed by atoms with Gasteiger partial charge in [-0.25, -0.2) is 4.68 Å². The number of hydrogen-bond donors (Lipinski definition) is 2. The highest BCUT2D eigenvalue weighted by Gasteiger charge is 2.27. The smallest absolute Gasteiger partial charge is 0.269 e. The van der Waals surface area contributed by atoms with Crippen molar-refractivity contribution in [1.82, 2.24) is 20.4 Å². The van der Waals surface area contributed by atoms with Crippen LogP contribution in [0.5, 0.6) is 0 Å². The molecule has 4 rings (SSSR count). The molecule has 2 heterocycles. The zero-order valence-electron chi connectivity index (χ0n) is 14.4.